The Hall–Kier alpha value is -2.21. The molecule has 0 radical (unpaired) electrons. The molecule has 0 atom stereocenters. The summed E-state index contributed by atoms with van der Waals surface area (Å²) in [7, 11) is 0. The number of halogens is 3. The number of pyridine rings is 1. The summed E-state index contributed by atoms with van der Waals surface area (Å²) < 4.78 is 27.6. The van der Waals surface area contributed by atoms with Crippen molar-refractivity contribution in [2.24, 2.45) is 0 Å². The maximum atomic E-state index is 13.8. The molecule has 0 unspecified atom stereocenters. The first-order valence-electron chi connectivity index (χ1n) is 6.10. The van der Waals surface area contributed by atoms with Gasteiger partial charge in [0.15, 0.2) is 0 Å². The highest BCUT2D eigenvalue weighted by Crippen LogP contribution is 2.33. The zero-order valence-corrected chi connectivity index (χ0v) is 12.3. The van der Waals surface area contributed by atoms with Gasteiger partial charge in [-0.1, -0.05) is 15.9 Å². The molecule has 3 aromatic rings. The number of benzene rings is 2. The number of anilines is 3. The number of hydrogen-bond donors (Lipinski definition) is 2. The topological polar surface area (TPSA) is 50.9 Å². The van der Waals surface area contributed by atoms with E-state index in [1.807, 2.05) is 18.2 Å². The van der Waals surface area contributed by atoms with E-state index in [0.717, 1.165) is 21.4 Å². The van der Waals surface area contributed by atoms with Gasteiger partial charge in [-0.05, 0) is 30.3 Å². The Kier molecular flexibility index (Phi) is 3.47. The average molecular weight is 350 g/mol. The molecular formula is C15H10BrF2N3. The molecule has 0 saturated carbocycles. The van der Waals surface area contributed by atoms with Crippen molar-refractivity contribution in [1.29, 1.82) is 0 Å². The number of nitrogens with two attached hydrogens (primary N) is 1. The number of nitrogen functional groups attached to an aromatic ring is 1. The molecule has 3 nitrogen and oxygen atoms in total. The van der Waals surface area contributed by atoms with E-state index in [-0.39, 0.29) is 5.69 Å². The van der Waals surface area contributed by atoms with Crippen LogP contribution in [0.25, 0.3) is 10.9 Å². The monoisotopic (exact) mass is 349 g/mol. The van der Waals surface area contributed by atoms with Crippen molar-refractivity contribution in [1.82, 2.24) is 4.98 Å². The molecule has 0 bridgehead atoms. The average Bonchev–Trinajstić information content (AvgIpc) is 2.44. The van der Waals surface area contributed by atoms with Crippen molar-refractivity contribution in [3.8, 4) is 0 Å². The van der Waals surface area contributed by atoms with E-state index in [1.54, 1.807) is 0 Å². The molecule has 0 aliphatic carbocycles. The van der Waals surface area contributed by atoms with E-state index in [2.05, 4.69) is 26.2 Å². The van der Waals surface area contributed by atoms with Gasteiger partial charge in [-0.15, -0.1) is 0 Å². The third-order valence-electron chi connectivity index (χ3n) is 3.05. The molecule has 2 aromatic carbocycles. The summed E-state index contributed by atoms with van der Waals surface area (Å²) in [5, 5.41) is 3.65. The quantitative estimate of drug-likeness (QED) is 0.710. The maximum absolute atomic E-state index is 13.8. The maximum Gasteiger partial charge on any atom is 0.149 e. The van der Waals surface area contributed by atoms with Gasteiger partial charge in [-0.2, -0.15) is 0 Å². The van der Waals surface area contributed by atoms with Crippen LogP contribution in [0.1, 0.15) is 0 Å². The smallest absolute Gasteiger partial charge is 0.149 e. The minimum Gasteiger partial charge on any atom is -0.396 e. The standard InChI is InChI=1S/C15H10BrF2N3/c16-8-1-3-13-10(5-8)15(12(19)7-20-13)21-14-4-2-9(17)6-11(14)18/h1-7H,19H2,(H,20,21). The molecule has 1 heterocycles. The lowest BCUT2D eigenvalue weighted by molar-refractivity contribution is 0.586. The van der Waals surface area contributed by atoms with Gasteiger partial charge in [0, 0.05) is 15.9 Å². The van der Waals surface area contributed by atoms with E-state index in [1.165, 1.54) is 18.3 Å². The van der Waals surface area contributed by atoms with Gasteiger partial charge in [-0.25, -0.2) is 8.78 Å². The summed E-state index contributed by atoms with van der Waals surface area (Å²) in [6, 6.07) is 8.84. The molecule has 0 fully saturated rings. The fourth-order valence-corrected chi connectivity index (χ4v) is 2.41. The van der Waals surface area contributed by atoms with Gasteiger partial charge in [0.2, 0.25) is 0 Å². The van der Waals surface area contributed by atoms with Crippen LogP contribution in [0.3, 0.4) is 0 Å². The number of nitrogens with one attached hydrogen (secondary N) is 1. The predicted octanol–water partition coefficient (Wildman–Crippen LogP) is 4.60. The van der Waals surface area contributed by atoms with Gasteiger partial charge >= 0.3 is 0 Å². The van der Waals surface area contributed by atoms with Crippen LogP contribution in [-0.2, 0) is 0 Å². The van der Waals surface area contributed by atoms with Gasteiger partial charge in [0.25, 0.3) is 0 Å². The highest BCUT2D eigenvalue weighted by molar-refractivity contribution is 9.10. The number of hydrogen-bond acceptors (Lipinski definition) is 3. The Morgan fingerprint density at radius 3 is 2.67 bits per heavy atom. The summed E-state index contributed by atoms with van der Waals surface area (Å²) in [6.07, 6.45) is 1.50. The van der Waals surface area contributed by atoms with Crippen LogP contribution in [0, 0.1) is 11.6 Å². The molecule has 21 heavy (non-hydrogen) atoms. The van der Waals surface area contributed by atoms with E-state index < -0.39 is 11.6 Å². The van der Waals surface area contributed by atoms with Crippen molar-refractivity contribution in [3.63, 3.8) is 0 Å². The third-order valence-corrected chi connectivity index (χ3v) is 3.54. The third kappa shape index (κ3) is 2.67. The lowest BCUT2D eigenvalue weighted by Crippen LogP contribution is -2.00. The number of rotatable bonds is 2. The van der Waals surface area contributed by atoms with Gasteiger partial charge in [0.1, 0.15) is 11.6 Å². The zero-order chi connectivity index (χ0) is 15.0. The molecule has 0 amide bonds. The van der Waals surface area contributed by atoms with E-state index in [4.69, 9.17) is 5.73 Å². The lowest BCUT2D eigenvalue weighted by Gasteiger charge is -2.13. The van der Waals surface area contributed by atoms with Crippen LogP contribution in [-0.4, -0.2) is 4.98 Å². The summed E-state index contributed by atoms with van der Waals surface area (Å²) >= 11 is 3.38. The summed E-state index contributed by atoms with van der Waals surface area (Å²) in [5.41, 5.74) is 7.71. The molecular weight excluding hydrogens is 340 g/mol. The molecule has 6 heteroatoms. The fourth-order valence-electron chi connectivity index (χ4n) is 2.05. The Labute approximate surface area is 127 Å². The largest absolute Gasteiger partial charge is 0.396 e. The van der Waals surface area contributed by atoms with Crippen LogP contribution >= 0.6 is 15.9 Å². The van der Waals surface area contributed by atoms with Crippen LogP contribution < -0.4 is 11.1 Å². The second-order valence-electron chi connectivity index (χ2n) is 4.50. The predicted molar refractivity (Wildman–Crippen MR) is 83.5 cm³/mol. The highest BCUT2D eigenvalue weighted by atomic mass is 79.9. The Bertz CT molecular complexity index is 831. The first kappa shape index (κ1) is 13.8. The van der Waals surface area contributed by atoms with Crippen molar-refractivity contribution in [3.05, 3.63) is 58.7 Å². The van der Waals surface area contributed by atoms with Crippen LogP contribution in [0.15, 0.2) is 47.1 Å². The lowest BCUT2D eigenvalue weighted by atomic mass is 10.1. The summed E-state index contributed by atoms with van der Waals surface area (Å²) in [5.74, 6) is -1.32. The van der Waals surface area contributed by atoms with Crippen LogP contribution in [0.2, 0.25) is 0 Å². The number of aromatic nitrogens is 1. The minimum absolute atomic E-state index is 0.149. The summed E-state index contributed by atoms with van der Waals surface area (Å²) in [6.45, 7) is 0. The molecule has 1 aromatic heterocycles. The van der Waals surface area contributed by atoms with Gasteiger partial charge in [0.05, 0.1) is 28.8 Å². The SMILES string of the molecule is Nc1cnc2ccc(Br)cc2c1Nc1ccc(F)cc1F. The van der Waals surface area contributed by atoms with Gasteiger partial charge in [-0.3, -0.25) is 4.98 Å². The van der Waals surface area contributed by atoms with E-state index in [9.17, 15) is 8.78 Å². The first-order chi connectivity index (χ1) is 10.0. The Morgan fingerprint density at radius 1 is 1.10 bits per heavy atom. The van der Waals surface area contributed by atoms with Crippen molar-refractivity contribution in [2.75, 3.05) is 11.1 Å². The van der Waals surface area contributed by atoms with E-state index >= 15 is 0 Å². The Morgan fingerprint density at radius 2 is 1.90 bits per heavy atom. The van der Waals surface area contributed by atoms with Crippen LogP contribution in [0.5, 0.6) is 0 Å². The molecule has 3 rings (SSSR count). The molecule has 0 aliphatic heterocycles. The normalized spacial score (nSPS) is 10.8. The first-order valence-corrected chi connectivity index (χ1v) is 6.90. The number of nitrogens with zero attached hydrogens (tertiary/aromatic N) is 1. The molecule has 3 N–H and O–H groups in total. The van der Waals surface area contributed by atoms with Crippen molar-refractivity contribution in [2.45, 2.75) is 0 Å². The second-order valence-corrected chi connectivity index (χ2v) is 5.41. The highest BCUT2D eigenvalue weighted by Gasteiger charge is 2.10. The molecule has 106 valence electrons. The molecule has 0 spiro atoms. The minimum atomic E-state index is -0.686. The van der Waals surface area contributed by atoms with Crippen molar-refractivity contribution >= 4 is 43.9 Å². The number of fused-ring (bicyclic) bond motifs is 1. The van der Waals surface area contributed by atoms with E-state index in [0.29, 0.717) is 11.4 Å². The van der Waals surface area contributed by atoms with Crippen molar-refractivity contribution < 1.29 is 8.78 Å². The van der Waals surface area contributed by atoms with Crippen LogP contribution in [0.4, 0.5) is 25.8 Å². The van der Waals surface area contributed by atoms with Gasteiger partial charge < -0.3 is 11.1 Å². The molecule has 0 saturated heterocycles. The summed E-state index contributed by atoms with van der Waals surface area (Å²) in [4.78, 5) is 4.22. The fraction of sp³-hybridized carbons (Fsp3) is 0. The molecule has 0 aliphatic rings. The zero-order valence-electron chi connectivity index (χ0n) is 10.7. The Balaban J connectivity index is 2.15. The second kappa shape index (κ2) is 5.29.